The van der Waals surface area contributed by atoms with Crippen LogP contribution in [0.1, 0.15) is 31.0 Å². The van der Waals surface area contributed by atoms with Gasteiger partial charge in [0.05, 0.1) is 5.69 Å². The van der Waals surface area contributed by atoms with Gasteiger partial charge in [-0.25, -0.2) is 0 Å². The lowest BCUT2D eigenvalue weighted by molar-refractivity contribution is 0.257. The second kappa shape index (κ2) is 5.03. The van der Waals surface area contributed by atoms with Gasteiger partial charge in [-0.1, -0.05) is 0 Å². The molecule has 0 saturated heterocycles. The van der Waals surface area contributed by atoms with Crippen molar-refractivity contribution in [1.29, 1.82) is 5.26 Å². The van der Waals surface area contributed by atoms with Crippen molar-refractivity contribution in [3.05, 3.63) is 11.3 Å². The number of likely N-dealkylation sites (N-methyl/N-ethyl adjacent to an activating group) is 1. The van der Waals surface area contributed by atoms with Crippen molar-refractivity contribution < 1.29 is 0 Å². The zero-order chi connectivity index (χ0) is 12.4. The van der Waals surface area contributed by atoms with E-state index >= 15 is 0 Å². The summed E-state index contributed by atoms with van der Waals surface area (Å²) in [6.07, 6.45) is 2.65. The van der Waals surface area contributed by atoms with Crippen molar-refractivity contribution in [2.45, 2.75) is 38.8 Å². The van der Waals surface area contributed by atoms with Gasteiger partial charge in [0.1, 0.15) is 16.6 Å². The Morgan fingerprint density at radius 2 is 2.35 bits per heavy atom. The number of aryl methyl sites for hydroxylation is 1. The lowest BCUT2D eigenvalue weighted by Crippen LogP contribution is -2.36. The highest BCUT2D eigenvalue weighted by atomic mass is 32.1. The van der Waals surface area contributed by atoms with Crippen LogP contribution in [0.2, 0.25) is 0 Å². The Morgan fingerprint density at radius 1 is 1.65 bits per heavy atom. The van der Waals surface area contributed by atoms with Gasteiger partial charge in [0.15, 0.2) is 0 Å². The molecule has 0 amide bonds. The highest BCUT2D eigenvalue weighted by Crippen LogP contribution is 2.28. The summed E-state index contributed by atoms with van der Waals surface area (Å²) < 4.78 is 4.20. The van der Waals surface area contributed by atoms with Crippen molar-refractivity contribution in [2.75, 3.05) is 18.9 Å². The van der Waals surface area contributed by atoms with Crippen molar-refractivity contribution in [1.82, 2.24) is 9.27 Å². The van der Waals surface area contributed by atoms with Crippen LogP contribution in [-0.2, 0) is 0 Å². The van der Waals surface area contributed by atoms with E-state index in [4.69, 9.17) is 5.26 Å². The molecule has 1 atom stereocenters. The van der Waals surface area contributed by atoms with Gasteiger partial charge in [-0.3, -0.25) is 4.90 Å². The Morgan fingerprint density at radius 3 is 2.94 bits per heavy atom. The third-order valence-electron chi connectivity index (χ3n) is 3.35. The largest absolute Gasteiger partial charge is 0.373 e. The first kappa shape index (κ1) is 12.3. The summed E-state index contributed by atoms with van der Waals surface area (Å²) in [7, 11) is 2.17. The van der Waals surface area contributed by atoms with Crippen LogP contribution in [0.5, 0.6) is 0 Å². The quantitative estimate of drug-likeness (QED) is 0.870. The molecule has 17 heavy (non-hydrogen) atoms. The lowest BCUT2D eigenvalue weighted by Gasteiger charge is -2.24. The van der Waals surface area contributed by atoms with Crippen molar-refractivity contribution in [3.8, 4) is 6.07 Å². The Kier molecular flexibility index (Phi) is 3.65. The van der Waals surface area contributed by atoms with Gasteiger partial charge in [-0.15, -0.1) is 0 Å². The highest BCUT2D eigenvalue weighted by Gasteiger charge is 2.29. The minimum absolute atomic E-state index is 0.483. The summed E-state index contributed by atoms with van der Waals surface area (Å²) in [4.78, 5) is 2.41. The fraction of sp³-hybridized carbons (Fsp3) is 0.667. The number of hydrogen-bond donors (Lipinski definition) is 1. The molecule has 0 spiro atoms. The first-order valence-electron chi connectivity index (χ1n) is 5.95. The predicted molar refractivity (Wildman–Crippen MR) is 70.3 cm³/mol. The minimum Gasteiger partial charge on any atom is -0.373 e. The van der Waals surface area contributed by atoms with Gasteiger partial charge in [0.25, 0.3) is 0 Å². The van der Waals surface area contributed by atoms with E-state index in [1.54, 1.807) is 0 Å². The average Bonchev–Trinajstić information content (AvgIpc) is 3.10. The van der Waals surface area contributed by atoms with Gasteiger partial charge >= 0.3 is 0 Å². The van der Waals surface area contributed by atoms with Crippen molar-refractivity contribution >= 4 is 16.5 Å². The summed E-state index contributed by atoms with van der Waals surface area (Å²) in [6, 6.07) is 3.46. The number of nitrogens with zero attached hydrogens (tertiary/aromatic N) is 3. The molecule has 1 aliphatic rings. The number of hydrogen-bond acceptors (Lipinski definition) is 5. The third kappa shape index (κ3) is 2.76. The summed E-state index contributed by atoms with van der Waals surface area (Å²) in [5.74, 6) is 0. The van der Waals surface area contributed by atoms with Crippen LogP contribution in [-0.4, -0.2) is 34.9 Å². The Labute approximate surface area is 106 Å². The van der Waals surface area contributed by atoms with Gasteiger partial charge < -0.3 is 5.32 Å². The predicted octanol–water partition coefficient (Wildman–Crippen LogP) is 2.22. The van der Waals surface area contributed by atoms with Gasteiger partial charge in [-0.05, 0) is 45.3 Å². The summed E-state index contributed by atoms with van der Waals surface area (Å²) in [5.41, 5.74) is 1.51. The Hall–Kier alpha value is -1.12. The van der Waals surface area contributed by atoms with Crippen LogP contribution in [0, 0.1) is 18.3 Å². The second-order valence-electron chi connectivity index (χ2n) is 4.71. The number of aromatic nitrogens is 1. The molecule has 1 N–H and O–H groups in total. The summed E-state index contributed by atoms with van der Waals surface area (Å²) in [5, 5.41) is 13.3. The molecule has 1 aromatic heterocycles. The van der Waals surface area contributed by atoms with E-state index in [-0.39, 0.29) is 0 Å². The van der Waals surface area contributed by atoms with Crippen LogP contribution in [0.3, 0.4) is 0 Å². The molecule has 1 heterocycles. The standard InChI is InChI=1S/C12H18N4S/c1-8(16(3)10-4-5-10)7-14-12-11(6-13)9(2)15-17-12/h8,10,14H,4-5,7H2,1-3H3. The molecule has 2 rings (SSSR count). The van der Waals surface area contributed by atoms with E-state index in [9.17, 15) is 0 Å². The highest BCUT2D eigenvalue weighted by molar-refractivity contribution is 7.10. The molecule has 1 fully saturated rings. The lowest BCUT2D eigenvalue weighted by atomic mass is 10.2. The summed E-state index contributed by atoms with van der Waals surface area (Å²) in [6.45, 7) is 4.95. The fourth-order valence-corrected chi connectivity index (χ4v) is 2.60. The molecule has 1 aliphatic carbocycles. The van der Waals surface area contributed by atoms with Crippen LogP contribution in [0.15, 0.2) is 0 Å². The smallest absolute Gasteiger partial charge is 0.127 e. The Bertz CT molecular complexity index is 430. The van der Waals surface area contributed by atoms with Crippen molar-refractivity contribution in [3.63, 3.8) is 0 Å². The molecule has 4 nitrogen and oxygen atoms in total. The SMILES string of the molecule is Cc1nsc(NCC(C)N(C)C2CC2)c1C#N. The van der Waals surface area contributed by atoms with Gasteiger partial charge in [0.2, 0.25) is 0 Å². The molecule has 0 aromatic carbocycles. The van der Waals surface area contributed by atoms with Crippen LogP contribution in [0.4, 0.5) is 5.00 Å². The molecule has 0 bridgehead atoms. The maximum absolute atomic E-state index is 9.03. The number of nitrogens with one attached hydrogen (secondary N) is 1. The van der Waals surface area contributed by atoms with E-state index in [0.717, 1.165) is 23.3 Å². The maximum Gasteiger partial charge on any atom is 0.127 e. The normalized spacial score (nSPS) is 16.9. The first-order chi connectivity index (χ1) is 8.13. The molecule has 1 aromatic rings. The fourth-order valence-electron chi connectivity index (χ4n) is 1.85. The monoisotopic (exact) mass is 250 g/mol. The average molecular weight is 250 g/mol. The number of anilines is 1. The van der Waals surface area contributed by atoms with Crippen LogP contribution < -0.4 is 5.32 Å². The molecule has 0 aliphatic heterocycles. The molecule has 5 heteroatoms. The van der Waals surface area contributed by atoms with E-state index in [2.05, 4.69) is 34.6 Å². The molecule has 0 radical (unpaired) electrons. The van der Waals surface area contributed by atoms with Gasteiger partial charge in [-0.2, -0.15) is 9.64 Å². The molecular formula is C12H18N4S. The first-order valence-corrected chi connectivity index (χ1v) is 6.73. The van der Waals surface area contributed by atoms with E-state index in [0.29, 0.717) is 11.6 Å². The maximum atomic E-state index is 9.03. The minimum atomic E-state index is 0.483. The van der Waals surface area contributed by atoms with Crippen LogP contribution >= 0.6 is 11.5 Å². The Balaban J connectivity index is 1.90. The zero-order valence-electron chi connectivity index (χ0n) is 10.5. The number of rotatable bonds is 5. The van der Waals surface area contributed by atoms with Crippen molar-refractivity contribution in [2.24, 2.45) is 0 Å². The summed E-state index contributed by atoms with van der Waals surface area (Å²) >= 11 is 1.38. The van der Waals surface area contributed by atoms with Gasteiger partial charge in [0, 0.05) is 18.6 Å². The number of nitriles is 1. The molecular weight excluding hydrogens is 232 g/mol. The third-order valence-corrected chi connectivity index (χ3v) is 4.25. The van der Waals surface area contributed by atoms with Crippen LogP contribution in [0.25, 0.3) is 0 Å². The topological polar surface area (TPSA) is 52.0 Å². The zero-order valence-corrected chi connectivity index (χ0v) is 11.3. The molecule has 1 saturated carbocycles. The van der Waals surface area contributed by atoms with E-state index in [1.807, 2.05) is 6.92 Å². The second-order valence-corrected chi connectivity index (χ2v) is 5.48. The van der Waals surface area contributed by atoms with E-state index < -0.39 is 0 Å². The molecule has 92 valence electrons. The van der Waals surface area contributed by atoms with E-state index in [1.165, 1.54) is 24.4 Å². The molecule has 1 unspecified atom stereocenters.